The maximum absolute atomic E-state index is 11.6. The number of hydrogen-bond donors (Lipinski definition) is 4. The Kier molecular flexibility index (Phi) is 4.26. The van der Waals surface area contributed by atoms with E-state index in [0.717, 1.165) is 17.3 Å². The number of carbonyl (C=O) groups excluding carboxylic acids is 2. The first-order chi connectivity index (χ1) is 8.98. The van der Waals surface area contributed by atoms with Crippen molar-refractivity contribution in [1.82, 2.24) is 15.8 Å². The fraction of sp³-hybridized carbons (Fsp3) is 0.500. The molecule has 0 aliphatic heterocycles. The van der Waals surface area contributed by atoms with E-state index in [4.69, 9.17) is 0 Å². The Morgan fingerprint density at radius 2 is 2.05 bits per heavy atom. The van der Waals surface area contributed by atoms with E-state index in [9.17, 15) is 14.7 Å². The average molecular weight is 330 g/mol. The number of aromatic amines is 1. The van der Waals surface area contributed by atoms with Crippen LogP contribution in [0, 0.1) is 0 Å². The minimum absolute atomic E-state index is 0.0156. The number of H-pyrrole nitrogens is 1. The van der Waals surface area contributed by atoms with Crippen molar-refractivity contribution in [2.75, 3.05) is 0 Å². The van der Waals surface area contributed by atoms with Crippen LogP contribution < -0.4 is 10.9 Å². The molecule has 1 aromatic rings. The molecular formula is C12H16BrN3O3. The number of aliphatic hydroxyl groups is 1. The number of halogens is 1. The van der Waals surface area contributed by atoms with E-state index in [1.807, 2.05) is 0 Å². The Hall–Kier alpha value is -1.34. The van der Waals surface area contributed by atoms with Gasteiger partial charge in [0.2, 0.25) is 5.91 Å². The summed E-state index contributed by atoms with van der Waals surface area (Å²) in [5, 5.41) is 10.1. The normalized spacial score (nSPS) is 17.2. The molecule has 4 N–H and O–H groups in total. The van der Waals surface area contributed by atoms with Crippen LogP contribution in [-0.2, 0) is 4.79 Å². The van der Waals surface area contributed by atoms with Gasteiger partial charge in [-0.05, 0) is 34.8 Å². The van der Waals surface area contributed by atoms with Gasteiger partial charge in [-0.3, -0.25) is 20.4 Å². The summed E-state index contributed by atoms with van der Waals surface area (Å²) in [5.41, 5.74) is 4.04. The van der Waals surface area contributed by atoms with Crippen molar-refractivity contribution in [2.24, 2.45) is 0 Å². The van der Waals surface area contributed by atoms with Crippen LogP contribution in [-0.4, -0.2) is 27.5 Å². The first kappa shape index (κ1) is 14.1. The molecule has 0 aromatic carbocycles. The van der Waals surface area contributed by atoms with Gasteiger partial charge in [-0.1, -0.05) is 12.8 Å². The molecule has 0 unspecified atom stereocenters. The molecular weight excluding hydrogens is 314 g/mol. The van der Waals surface area contributed by atoms with Gasteiger partial charge in [-0.15, -0.1) is 0 Å². The summed E-state index contributed by atoms with van der Waals surface area (Å²) in [6.07, 6.45) is 4.79. The van der Waals surface area contributed by atoms with Gasteiger partial charge in [-0.2, -0.15) is 0 Å². The molecule has 7 heteroatoms. The van der Waals surface area contributed by atoms with Gasteiger partial charge in [0.1, 0.15) is 5.69 Å². The highest BCUT2D eigenvalue weighted by molar-refractivity contribution is 9.10. The van der Waals surface area contributed by atoms with E-state index < -0.39 is 11.5 Å². The molecule has 2 rings (SSSR count). The summed E-state index contributed by atoms with van der Waals surface area (Å²) in [7, 11) is 0. The van der Waals surface area contributed by atoms with Crippen molar-refractivity contribution in [3.63, 3.8) is 0 Å². The van der Waals surface area contributed by atoms with E-state index in [0.29, 0.717) is 18.5 Å². The predicted molar refractivity (Wildman–Crippen MR) is 72.1 cm³/mol. The Labute approximate surface area is 119 Å². The molecule has 1 heterocycles. The lowest BCUT2D eigenvalue weighted by Gasteiger charge is -2.21. The maximum Gasteiger partial charge on any atom is 0.286 e. The molecule has 2 amide bonds. The molecule has 0 spiro atoms. The summed E-state index contributed by atoms with van der Waals surface area (Å²) >= 11 is 3.21. The minimum atomic E-state index is -0.912. The molecule has 1 aliphatic rings. The monoisotopic (exact) mass is 329 g/mol. The van der Waals surface area contributed by atoms with Crippen LogP contribution in [0.4, 0.5) is 0 Å². The molecule has 6 nitrogen and oxygen atoms in total. The van der Waals surface area contributed by atoms with Gasteiger partial charge in [0.05, 0.1) is 12.0 Å². The van der Waals surface area contributed by atoms with Gasteiger partial charge >= 0.3 is 0 Å². The zero-order valence-electron chi connectivity index (χ0n) is 10.3. The average Bonchev–Trinajstić information content (AvgIpc) is 2.95. The molecule has 0 saturated heterocycles. The second kappa shape index (κ2) is 5.75. The van der Waals surface area contributed by atoms with Crippen molar-refractivity contribution in [3.8, 4) is 0 Å². The van der Waals surface area contributed by atoms with Crippen LogP contribution in [0.2, 0.25) is 0 Å². The van der Waals surface area contributed by atoms with Crippen LogP contribution in [0.25, 0.3) is 0 Å². The van der Waals surface area contributed by atoms with Crippen LogP contribution in [0.3, 0.4) is 0 Å². The predicted octanol–water partition coefficient (Wildman–Crippen LogP) is 1.23. The standard InChI is InChI=1S/C12H16BrN3O3/c13-8-5-9(14-7-8)11(18)16-15-10(17)6-12(19)3-1-2-4-12/h5,7,14,19H,1-4,6H2,(H,15,17)(H,16,18). The molecule has 1 fully saturated rings. The first-order valence-electron chi connectivity index (χ1n) is 6.14. The number of hydrazine groups is 1. The largest absolute Gasteiger partial charge is 0.389 e. The van der Waals surface area contributed by atoms with Crippen LogP contribution in [0.15, 0.2) is 16.7 Å². The summed E-state index contributed by atoms with van der Waals surface area (Å²) < 4.78 is 0.754. The van der Waals surface area contributed by atoms with E-state index >= 15 is 0 Å². The first-order valence-corrected chi connectivity index (χ1v) is 6.93. The van der Waals surface area contributed by atoms with E-state index in [2.05, 4.69) is 31.8 Å². The molecule has 19 heavy (non-hydrogen) atoms. The number of carbonyl (C=O) groups is 2. The number of nitrogens with one attached hydrogen (secondary N) is 3. The third kappa shape index (κ3) is 3.81. The van der Waals surface area contributed by atoms with E-state index in [1.165, 1.54) is 0 Å². The third-order valence-electron chi connectivity index (χ3n) is 3.23. The zero-order chi connectivity index (χ0) is 13.9. The van der Waals surface area contributed by atoms with Crippen LogP contribution in [0.1, 0.15) is 42.6 Å². The fourth-order valence-corrected chi connectivity index (χ4v) is 2.59. The highest BCUT2D eigenvalue weighted by Crippen LogP contribution is 2.31. The molecule has 1 aromatic heterocycles. The quantitative estimate of drug-likeness (QED) is 0.628. The summed E-state index contributed by atoms with van der Waals surface area (Å²) in [4.78, 5) is 26.0. The van der Waals surface area contributed by atoms with Gasteiger partial charge < -0.3 is 10.1 Å². The van der Waals surface area contributed by atoms with Crippen LogP contribution >= 0.6 is 15.9 Å². The van der Waals surface area contributed by atoms with Gasteiger partial charge in [0.25, 0.3) is 5.91 Å². The Morgan fingerprint density at radius 1 is 1.37 bits per heavy atom. The number of rotatable bonds is 3. The summed E-state index contributed by atoms with van der Waals surface area (Å²) in [6.45, 7) is 0. The molecule has 1 aliphatic carbocycles. The maximum atomic E-state index is 11.6. The van der Waals surface area contributed by atoms with Crippen molar-refractivity contribution in [3.05, 3.63) is 22.4 Å². The highest BCUT2D eigenvalue weighted by Gasteiger charge is 2.33. The van der Waals surface area contributed by atoms with Crippen molar-refractivity contribution in [2.45, 2.75) is 37.7 Å². The molecule has 0 radical (unpaired) electrons. The second-order valence-electron chi connectivity index (χ2n) is 4.84. The van der Waals surface area contributed by atoms with Crippen LogP contribution in [0.5, 0.6) is 0 Å². The molecule has 1 saturated carbocycles. The molecule has 0 atom stereocenters. The van der Waals surface area contributed by atoms with E-state index in [-0.39, 0.29) is 12.3 Å². The number of amides is 2. The van der Waals surface area contributed by atoms with Gasteiger partial charge in [0, 0.05) is 10.7 Å². The zero-order valence-corrected chi connectivity index (χ0v) is 11.9. The summed E-state index contributed by atoms with van der Waals surface area (Å²) in [5.74, 6) is -0.819. The Morgan fingerprint density at radius 3 is 2.63 bits per heavy atom. The van der Waals surface area contributed by atoms with Crippen molar-refractivity contribution >= 4 is 27.7 Å². The fourth-order valence-electron chi connectivity index (χ4n) is 2.25. The molecule has 0 bridgehead atoms. The third-order valence-corrected chi connectivity index (χ3v) is 3.69. The highest BCUT2D eigenvalue weighted by atomic mass is 79.9. The minimum Gasteiger partial charge on any atom is -0.389 e. The lowest BCUT2D eigenvalue weighted by atomic mass is 9.98. The Balaban J connectivity index is 1.79. The lowest BCUT2D eigenvalue weighted by Crippen LogP contribution is -2.44. The Bertz CT molecular complexity index is 480. The SMILES string of the molecule is O=C(CC1(O)CCCC1)NNC(=O)c1cc(Br)c[nH]1. The topological polar surface area (TPSA) is 94.2 Å². The smallest absolute Gasteiger partial charge is 0.286 e. The second-order valence-corrected chi connectivity index (χ2v) is 5.76. The molecule has 104 valence electrons. The summed E-state index contributed by atoms with van der Waals surface area (Å²) in [6, 6.07) is 1.60. The van der Waals surface area contributed by atoms with Crippen molar-refractivity contribution in [1.29, 1.82) is 0 Å². The van der Waals surface area contributed by atoms with Gasteiger partial charge in [0.15, 0.2) is 0 Å². The number of aromatic nitrogens is 1. The van der Waals surface area contributed by atoms with Crippen molar-refractivity contribution < 1.29 is 14.7 Å². The van der Waals surface area contributed by atoms with E-state index in [1.54, 1.807) is 12.3 Å². The van der Waals surface area contributed by atoms with Gasteiger partial charge in [-0.25, -0.2) is 0 Å². The lowest BCUT2D eigenvalue weighted by molar-refractivity contribution is -0.126. The number of hydrogen-bond acceptors (Lipinski definition) is 3.